The Hall–Kier alpha value is -1.96. The van der Waals surface area contributed by atoms with Crippen LogP contribution in [0.25, 0.3) is 0 Å². The number of ether oxygens (including phenoxy) is 1. The fourth-order valence-corrected chi connectivity index (χ4v) is 3.14. The molecule has 1 N–H and O–H groups in total. The Labute approximate surface area is 127 Å². The number of hydrogen-bond acceptors (Lipinski definition) is 2. The molecule has 110 valence electrons. The Bertz CT molecular complexity index is 608. The van der Waals surface area contributed by atoms with E-state index in [9.17, 15) is 0 Å². The maximum atomic E-state index is 5.97. The second kappa shape index (κ2) is 6.21. The van der Waals surface area contributed by atoms with E-state index in [2.05, 4.69) is 67.7 Å². The monoisotopic (exact) mass is 281 g/mol. The van der Waals surface area contributed by atoms with E-state index < -0.39 is 0 Å². The first-order chi connectivity index (χ1) is 10.3. The van der Waals surface area contributed by atoms with Crippen molar-refractivity contribution in [3.05, 3.63) is 59.7 Å². The van der Waals surface area contributed by atoms with E-state index in [4.69, 9.17) is 4.74 Å². The van der Waals surface area contributed by atoms with Crippen molar-refractivity contribution in [2.45, 2.75) is 38.6 Å². The summed E-state index contributed by atoms with van der Waals surface area (Å²) in [5, 5.41) is 3.58. The van der Waals surface area contributed by atoms with E-state index in [0.717, 1.165) is 25.2 Å². The molecule has 0 bridgehead atoms. The molecular weight excluding hydrogens is 258 g/mol. The lowest BCUT2D eigenvalue weighted by Crippen LogP contribution is -2.26. The Kier molecular flexibility index (Phi) is 4.14. The Morgan fingerprint density at radius 3 is 2.57 bits per heavy atom. The van der Waals surface area contributed by atoms with Gasteiger partial charge >= 0.3 is 0 Å². The van der Waals surface area contributed by atoms with E-state index >= 15 is 0 Å². The van der Waals surface area contributed by atoms with Crippen LogP contribution in [0.15, 0.2) is 48.5 Å². The molecule has 0 amide bonds. The van der Waals surface area contributed by atoms with Crippen molar-refractivity contribution < 1.29 is 4.74 Å². The zero-order valence-corrected chi connectivity index (χ0v) is 12.8. The fraction of sp³-hybridized carbons (Fsp3) is 0.368. The van der Waals surface area contributed by atoms with Crippen molar-refractivity contribution >= 4 is 5.69 Å². The average Bonchev–Trinajstić information content (AvgIpc) is 2.52. The van der Waals surface area contributed by atoms with Gasteiger partial charge in [0.2, 0.25) is 0 Å². The molecule has 1 aliphatic rings. The van der Waals surface area contributed by atoms with Gasteiger partial charge in [-0.1, -0.05) is 43.3 Å². The summed E-state index contributed by atoms with van der Waals surface area (Å²) in [6.45, 7) is 5.17. The molecule has 0 saturated carbocycles. The van der Waals surface area contributed by atoms with Gasteiger partial charge in [0.1, 0.15) is 5.75 Å². The molecule has 0 fully saturated rings. The summed E-state index contributed by atoms with van der Waals surface area (Å²) in [6.07, 6.45) is 2.14. The Balaban J connectivity index is 2.00. The fourth-order valence-electron chi connectivity index (χ4n) is 3.14. The molecule has 2 unspecified atom stereocenters. The van der Waals surface area contributed by atoms with Crippen molar-refractivity contribution in [1.29, 1.82) is 0 Å². The maximum Gasteiger partial charge on any atom is 0.123 e. The van der Waals surface area contributed by atoms with Crippen molar-refractivity contribution in [3.8, 4) is 5.75 Å². The predicted molar refractivity (Wildman–Crippen MR) is 88.2 cm³/mol. The van der Waals surface area contributed by atoms with Gasteiger partial charge in [0, 0.05) is 23.2 Å². The molecule has 21 heavy (non-hydrogen) atoms. The third-order valence-corrected chi connectivity index (χ3v) is 4.08. The van der Waals surface area contributed by atoms with Gasteiger partial charge in [-0.15, -0.1) is 0 Å². The lowest BCUT2D eigenvalue weighted by Gasteiger charge is -2.32. The predicted octanol–water partition coefficient (Wildman–Crippen LogP) is 4.81. The lowest BCUT2D eigenvalue weighted by molar-refractivity contribution is 0.312. The molecule has 1 aliphatic heterocycles. The Morgan fingerprint density at radius 1 is 1.05 bits per heavy atom. The summed E-state index contributed by atoms with van der Waals surface area (Å²) in [5.74, 6) is 1.44. The van der Waals surface area contributed by atoms with Crippen LogP contribution in [0, 0.1) is 0 Å². The molecule has 0 spiro atoms. The molecule has 2 aromatic carbocycles. The number of nitrogens with one attached hydrogen (secondary N) is 1. The lowest BCUT2D eigenvalue weighted by atomic mass is 9.82. The van der Waals surface area contributed by atoms with Crippen LogP contribution in [-0.4, -0.2) is 12.6 Å². The third kappa shape index (κ3) is 2.90. The molecule has 0 radical (unpaired) electrons. The second-order valence-electron chi connectivity index (χ2n) is 5.81. The molecule has 2 heteroatoms. The highest BCUT2D eigenvalue weighted by Crippen LogP contribution is 2.41. The summed E-state index contributed by atoms with van der Waals surface area (Å²) < 4.78 is 5.97. The van der Waals surface area contributed by atoms with Gasteiger partial charge < -0.3 is 10.1 Å². The van der Waals surface area contributed by atoms with Crippen LogP contribution < -0.4 is 10.1 Å². The number of anilines is 1. The summed E-state index contributed by atoms with van der Waals surface area (Å²) >= 11 is 0. The number of rotatable bonds is 4. The smallest absolute Gasteiger partial charge is 0.123 e. The van der Waals surface area contributed by atoms with E-state index in [0.29, 0.717) is 12.0 Å². The summed E-state index contributed by atoms with van der Waals surface area (Å²) in [6, 6.07) is 17.6. The van der Waals surface area contributed by atoms with Crippen LogP contribution in [0.4, 0.5) is 5.69 Å². The maximum absolute atomic E-state index is 5.97. The SMILES string of the molecule is CCCOc1ccccc1C1CC(C)Nc2ccccc21. The van der Waals surface area contributed by atoms with Crippen LogP contribution in [0.3, 0.4) is 0 Å². The van der Waals surface area contributed by atoms with Gasteiger partial charge in [-0.25, -0.2) is 0 Å². The van der Waals surface area contributed by atoms with Crippen molar-refractivity contribution in [3.63, 3.8) is 0 Å². The molecule has 2 aromatic rings. The number of para-hydroxylation sites is 2. The van der Waals surface area contributed by atoms with Gasteiger partial charge in [0.25, 0.3) is 0 Å². The van der Waals surface area contributed by atoms with Crippen molar-refractivity contribution in [2.75, 3.05) is 11.9 Å². The van der Waals surface area contributed by atoms with Gasteiger partial charge in [-0.3, -0.25) is 0 Å². The molecule has 2 atom stereocenters. The minimum absolute atomic E-state index is 0.408. The summed E-state index contributed by atoms with van der Waals surface area (Å²) in [4.78, 5) is 0. The highest BCUT2D eigenvalue weighted by atomic mass is 16.5. The highest BCUT2D eigenvalue weighted by Gasteiger charge is 2.27. The minimum Gasteiger partial charge on any atom is -0.493 e. The first-order valence-corrected chi connectivity index (χ1v) is 7.86. The van der Waals surface area contributed by atoms with Gasteiger partial charge in [0.15, 0.2) is 0 Å². The van der Waals surface area contributed by atoms with E-state index in [1.165, 1.54) is 16.8 Å². The quantitative estimate of drug-likeness (QED) is 0.868. The van der Waals surface area contributed by atoms with Crippen LogP contribution >= 0.6 is 0 Å². The van der Waals surface area contributed by atoms with Gasteiger partial charge in [-0.05, 0) is 37.5 Å². The largest absolute Gasteiger partial charge is 0.493 e. The second-order valence-corrected chi connectivity index (χ2v) is 5.81. The first-order valence-electron chi connectivity index (χ1n) is 7.86. The van der Waals surface area contributed by atoms with Crippen molar-refractivity contribution in [2.24, 2.45) is 0 Å². The number of fused-ring (bicyclic) bond motifs is 1. The zero-order valence-electron chi connectivity index (χ0n) is 12.8. The summed E-state index contributed by atoms with van der Waals surface area (Å²) in [5.41, 5.74) is 3.95. The molecule has 3 rings (SSSR count). The zero-order chi connectivity index (χ0) is 14.7. The average molecular weight is 281 g/mol. The minimum atomic E-state index is 0.408. The van der Waals surface area contributed by atoms with Crippen molar-refractivity contribution in [1.82, 2.24) is 0 Å². The van der Waals surface area contributed by atoms with Crippen LogP contribution in [0.5, 0.6) is 5.75 Å². The number of hydrogen-bond donors (Lipinski definition) is 1. The molecule has 0 aromatic heterocycles. The standard InChI is InChI=1S/C19H23NO/c1-3-12-21-19-11-7-5-9-16(19)17-13-14(2)20-18-10-6-4-8-15(17)18/h4-11,14,17,20H,3,12-13H2,1-2H3. The highest BCUT2D eigenvalue weighted by molar-refractivity contribution is 5.59. The van der Waals surface area contributed by atoms with Gasteiger partial charge in [0.05, 0.1) is 6.61 Å². The normalized spacial score (nSPS) is 20.5. The van der Waals surface area contributed by atoms with Gasteiger partial charge in [-0.2, -0.15) is 0 Å². The van der Waals surface area contributed by atoms with Crippen LogP contribution in [0.2, 0.25) is 0 Å². The molecule has 2 nitrogen and oxygen atoms in total. The van der Waals surface area contributed by atoms with Crippen LogP contribution in [0.1, 0.15) is 43.7 Å². The first kappa shape index (κ1) is 14.0. The molecule has 0 saturated heterocycles. The number of benzene rings is 2. The molecular formula is C19H23NO. The van der Waals surface area contributed by atoms with E-state index in [1.54, 1.807) is 0 Å². The third-order valence-electron chi connectivity index (χ3n) is 4.08. The summed E-state index contributed by atoms with van der Waals surface area (Å²) in [7, 11) is 0. The van der Waals surface area contributed by atoms with E-state index in [-0.39, 0.29) is 0 Å². The van der Waals surface area contributed by atoms with Crippen LogP contribution in [-0.2, 0) is 0 Å². The molecule has 0 aliphatic carbocycles. The molecule has 1 heterocycles. The van der Waals surface area contributed by atoms with E-state index in [1.807, 2.05) is 0 Å². The topological polar surface area (TPSA) is 21.3 Å². The Morgan fingerprint density at radius 2 is 1.76 bits per heavy atom.